The van der Waals surface area contributed by atoms with Crippen LogP contribution in [0.3, 0.4) is 0 Å². The van der Waals surface area contributed by atoms with Crippen LogP contribution in [0.1, 0.15) is 47.0 Å². The second-order valence-electron chi connectivity index (χ2n) is 6.74. The van der Waals surface area contributed by atoms with Crippen LogP contribution < -0.4 is 5.32 Å². The van der Waals surface area contributed by atoms with E-state index >= 15 is 0 Å². The Morgan fingerprint density at radius 2 is 2.06 bits per heavy atom. The molecule has 0 radical (unpaired) electrons. The summed E-state index contributed by atoms with van der Waals surface area (Å²) in [5.74, 6) is 0.731. The maximum Gasteiger partial charge on any atom is 0.407 e. The first-order chi connectivity index (χ1) is 7.67. The molecule has 0 aromatic carbocycles. The lowest BCUT2D eigenvalue weighted by atomic mass is 9.83. The molecule has 98 valence electrons. The zero-order chi connectivity index (χ0) is 12.8. The van der Waals surface area contributed by atoms with Gasteiger partial charge in [-0.1, -0.05) is 0 Å². The lowest BCUT2D eigenvalue weighted by Gasteiger charge is -2.33. The average molecular weight is 241 g/mol. The van der Waals surface area contributed by atoms with Gasteiger partial charge in [-0.15, -0.1) is 0 Å². The topological polar surface area (TPSA) is 58.6 Å². The van der Waals surface area contributed by atoms with Crippen molar-refractivity contribution in [2.75, 3.05) is 0 Å². The molecule has 2 fully saturated rings. The first-order valence-electron chi connectivity index (χ1n) is 6.39. The number of nitrogens with one attached hydrogen (secondary N) is 1. The van der Waals surface area contributed by atoms with Gasteiger partial charge in [0.25, 0.3) is 0 Å². The number of aliphatic hydroxyl groups is 1. The minimum Gasteiger partial charge on any atom is -0.444 e. The van der Waals surface area contributed by atoms with Crippen molar-refractivity contribution in [2.24, 2.45) is 11.8 Å². The lowest BCUT2D eigenvalue weighted by molar-refractivity contribution is -0.00406. The highest BCUT2D eigenvalue weighted by molar-refractivity contribution is 5.68. The van der Waals surface area contributed by atoms with E-state index in [0.29, 0.717) is 11.8 Å². The molecule has 2 bridgehead atoms. The van der Waals surface area contributed by atoms with Crippen molar-refractivity contribution in [3.63, 3.8) is 0 Å². The van der Waals surface area contributed by atoms with Gasteiger partial charge in [0.2, 0.25) is 0 Å². The molecule has 4 atom stereocenters. The summed E-state index contributed by atoms with van der Waals surface area (Å²) in [6.45, 7) is 7.48. The first kappa shape index (κ1) is 12.7. The maximum absolute atomic E-state index is 11.7. The molecular weight excluding hydrogens is 218 g/mol. The Kier molecular flexibility index (Phi) is 2.89. The molecule has 0 aliphatic heterocycles. The molecule has 0 spiro atoms. The average Bonchev–Trinajstić information content (AvgIpc) is 2.55. The number of fused-ring (bicyclic) bond motifs is 2. The predicted molar refractivity (Wildman–Crippen MR) is 64.6 cm³/mol. The van der Waals surface area contributed by atoms with Gasteiger partial charge in [-0.05, 0) is 58.8 Å². The van der Waals surface area contributed by atoms with Crippen LogP contribution >= 0.6 is 0 Å². The minimum atomic E-state index is -0.531. The fourth-order valence-corrected chi connectivity index (χ4v) is 3.19. The van der Waals surface area contributed by atoms with Gasteiger partial charge in [0.1, 0.15) is 5.60 Å². The van der Waals surface area contributed by atoms with Gasteiger partial charge >= 0.3 is 6.09 Å². The van der Waals surface area contributed by atoms with Crippen LogP contribution in [-0.2, 0) is 4.74 Å². The summed E-state index contributed by atoms with van der Waals surface area (Å²) in [4.78, 5) is 11.7. The standard InChI is InChI=1S/C13H23NO3/c1-12(2,3)17-11(15)14-10-6-9-5-8(10)7-13(9,4)16/h8-10,16H,5-7H2,1-4H3,(H,14,15)/t8-,9-,10-,13+/m1/s1. The second-order valence-corrected chi connectivity index (χ2v) is 6.74. The fraction of sp³-hybridized carbons (Fsp3) is 0.923. The molecule has 2 saturated carbocycles. The molecule has 2 aliphatic rings. The molecule has 0 saturated heterocycles. The molecule has 4 heteroatoms. The summed E-state index contributed by atoms with van der Waals surface area (Å²) in [5.41, 5.74) is -0.982. The summed E-state index contributed by atoms with van der Waals surface area (Å²) < 4.78 is 5.25. The van der Waals surface area contributed by atoms with Crippen molar-refractivity contribution in [1.82, 2.24) is 5.32 Å². The molecule has 2 rings (SSSR count). The third-order valence-electron chi connectivity index (χ3n) is 3.95. The monoisotopic (exact) mass is 241 g/mol. The molecule has 0 unspecified atom stereocenters. The van der Waals surface area contributed by atoms with E-state index in [9.17, 15) is 9.90 Å². The van der Waals surface area contributed by atoms with Crippen LogP contribution in [0.2, 0.25) is 0 Å². The van der Waals surface area contributed by atoms with Gasteiger partial charge in [-0.3, -0.25) is 0 Å². The molecular formula is C13H23NO3. The van der Waals surface area contributed by atoms with E-state index in [4.69, 9.17) is 4.74 Å². The number of amides is 1. The first-order valence-corrected chi connectivity index (χ1v) is 6.39. The maximum atomic E-state index is 11.7. The van der Waals surface area contributed by atoms with E-state index in [1.807, 2.05) is 27.7 Å². The van der Waals surface area contributed by atoms with Crippen LogP contribution in [-0.4, -0.2) is 28.4 Å². The Labute approximate surface area is 103 Å². The Morgan fingerprint density at radius 1 is 1.41 bits per heavy atom. The quantitative estimate of drug-likeness (QED) is 0.738. The van der Waals surface area contributed by atoms with Crippen LogP contribution in [0, 0.1) is 11.8 Å². The van der Waals surface area contributed by atoms with Gasteiger partial charge < -0.3 is 15.2 Å². The lowest BCUT2D eigenvalue weighted by Crippen LogP contribution is -2.45. The largest absolute Gasteiger partial charge is 0.444 e. The fourth-order valence-electron chi connectivity index (χ4n) is 3.19. The van der Waals surface area contributed by atoms with Gasteiger partial charge in [-0.2, -0.15) is 0 Å². The molecule has 0 aromatic rings. The summed E-state index contributed by atoms with van der Waals surface area (Å²) >= 11 is 0. The zero-order valence-electron chi connectivity index (χ0n) is 11.1. The minimum absolute atomic E-state index is 0.176. The number of hydrogen-bond acceptors (Lipinski definition) is 3. The number of ether oxygens (including phenoxy) is 1. The Balaban J connectivity index is 1.86. The Hall–Kier alpha value is -0.770. The van der Waals surface area contributed by atoms with E-state index in [1.165, 1.54) is 0 Å². The SMILES string of the molecule is CC(C)(C)OC(=O)N[C@@H]1C[C@H]2C[C@@H]1C[C@]2(C)O. The molecule has 4 nitrogen and oxygen atoms in total. The number of carbonyl (C=O) groups excluding carboxylic acids is 1. The molecule has 2 N–H and O–H groups in total. The van der Waals surface area contributed by atoms with E-state index in [-0.39, 0.29) is 12.1 Å². The highest BCUT2D eigenvalue weighted by Crippen LogP contribution is 2.50. The molecule has 2 aliphatic carbocycles. The summed E-state index contributed by atoms with van der Waals surface area (Å²) in [7, 11) is 0. The van der Waals surface area contributed by atoms with Gasteiger partial charge in [0.15, 0.2) is 0 Å². The Morgan fingerprint density at radius 3 is 2.47 bits per heavy atom. The summed E-state index contributed by atoms with van der Waals surface area (Å²) in [6.07, 6.45) is 2.34. The van der Waals surface area contributed by atoms with Crippen molar-refractivity contribution in [3.8, 4) is 0 Å². The van der Waals surface area contributed by atoms with Gasteiger partial charge in [-0.25, -0.2) is 4.79 Å². The summed E-state index contributed by atoms with van der Waals surface area (Å²) in [5, 5.41) is 13.0. The van der Waals surface area contributed by atoms with Crippen molar-refractivity contribution in [1.29, 1.82) is 0 Å². The highest BCUT2D eigenvalue weighted by atomic mass is 16.6. The van der Waals surface area contributed by atoms with Gasteiger partial charge in [0, 0.05) is 6.04 Å². The predicted octanol–water partition coefficient (Wildman–Crippen LogP) is 2.06. The van der Waals surface area contributed by atoms with E-state index < -0.39 is 11.2 Å². The smallest absolute Gasteiger partial charge is 0.407 e. The third-order valence-corrected chi connectivity index (χ3v) is 3.95. The molecule has 0 heterocycles. The van der Waals surface area contributed by atoms with Crippen LogP contribution in [0.5, 0.6) is 0 Å². The highest BCUT2D eigenvalue weighted by Gasteiger charge is 2.52. The summed E-state index contributed by atoms with van der Waals surface area (Å²) in [6, 6.07) is 0.176. The molecule has 17 heavy (non-hydrogen) atoms. The molecule has 0 aromatic heterocycles. The van der Waals surface area contributed by atoms with Crippen molar-refractivity contribution in [2.45, 2.75) is 64.2 Å². The normalized spacial score (nSPS) is 40.4. The van der Waals surface area contributed by atoms with Crippen LogP contribution in [0.4, 0.5) is 4.79 Å². The van der Waals surface area contributed by atoms with Crippen molar-refractivity contribution < 1.29 is 14.6 Å². The van der Waals surface area contributed by atoms with Crippen molar-refractivity contribution in [3.05, 3.63) is 0 Å². The second kappa shape index (κ2) is 3.87. The van der Waals surface area contributed by atoms with Gasteiger partial charge in [0.05, 0.1) is 5.60 Å². The van der Waals surface area contributed by atoms with E-state index in [2.05, 4.69) is 5.32 Å². The number of hydrogen-bond donors (Lipinski definition) is 2. The number of rotatable bonds is 1. The number of carbonyl (C=O) groups is 1. The van der Waals surface area contributed by atoms with E-state index in [1.54, 1.807) is 0 Å². The zero-order valence-corrected chi connectivity index (χ0v) is 11.1. The van der Waals surface area contributed by atoms with Crippen LogP contribution in [0.25, 0.3) is 0 Å². The van der Waals surface area contributed by atoms with E-state index in [0.717, 1.165) is 19.3 Å². The van der Waals surface area contributed by atoms with Crippen molar-refractivity contribution >= 4 is 6.09 Å². The molecule has 1 amide bonds. The third kappa shape index (κ3) is 2.73. The number of alkyl carbamates (subject to hydrolysis) is 1. The Bertz CT molecular complexity index is 319. The van der Waals surface area contributed by atoms with Crippen LogP contribution in [0.15, 0.2) is 0 Å².